The van der Waals surface area contributed by atoms with E-state index in [9.17, 15) is 9.18 Å². The fraction of sp³-hybridized carbons (Fsp3) is 0.417. The summed E-state index contributed by atoms with van der Waals surface area (Å²) in [4.78, 5) is 11.6. The lowest BCUT2D eigenvalue weighted by Crippen LogP contribution is -2.26. The molecule has 0 spiro atoms. The van der Waals surface area contributed by atoms with Gasteiger partial charge in [0, 0.05) is 6.54 Å². The molecule has 88 valence electrons. The van der Waals surface area contributed by atoms with Crippen molar-refractivity contribution >= 4 is 17.5 Å². The van der Waals surface area contributed by atoms with Crippen molar-refractivity contribution in [1.29, 1.82) is 0 Å². The number of benzene rings is 1. The van der Waals surface area contributed by atoms with Gasteiger partial charge in [0.2, 0.25) is 0 Å². The molecule has 1 amide bonds. The van der Waals surface area contributed by atoms with Crippen molar-refractivity contribution in [3.63, 3.8) is 0 Å². The monoisotopic (exact) mass is 243 g/mol. The maximum atomic E-state index is 13.4. The molecule has 2 nitrogen and oxygen atoms in total. The zero-order valence-electron chi connectivity index (χ0n) is 9.39. The average molecular weight is 244 g/mol. The summed E-state index contributed by atoms with van der Waals surface area (Å²) in [6, 6.07) is 4.40. The molecule has 0 atom stereocenters. The predicted molar refractivity (Wildman–Crippen MR) is 63.2 cm³/mol. The highest BCUT2D eigenvalue weighted by atomic mass is 35.5. The molecule has 0 saturated heterocycles. The number of nitrogens with one attached hydrogen (secondary N) is 1. The lowest BCUT2D eigenvalue weighted by Gasteiger charge is -2.08. The minimum absolute atomic E-state index is 0.00347. The molecule has 0 fully saturated rings. The van der Waals surface area contributed by atoms with E-state index in [2.05, 4.69) is 19.2 Å². The van der Waals surface area contributed by atoms with Gasteiger partial charge in [0.05, 0.1) is 10.6 Å². The Labute approximate surface area is 99.8 Å². The van der Waals surface area contributed by atoms with E-state index in [0.717, 1.165) is 6.42 Å². The lowest BCUT2D eigenvalue weighted by molar-refractivity contribution is 0.0948. The molecular weight excluding hydrogens is 229 g/mol. The molecule has 1 rings (SSSR count). The van der Waals surface area contributed by atoms with Crippen LogP contribution in [0.3, 0.4) is 0 Å². The van der Waals surface area contributed by atoms with E-state index >= 15 is 0 Å². The van der Waals surface area contributed by atoms with Gasteiger partial charge in [-0.1, -0.05) is 31.5 Å². The molecular formula is C12H15ClFNO. The minimum Gasteiger partial charge on any atom is -0.352 e. The summed E-state index contributed by atoms with van der Waals surface area (Å²) in [5, 5.41) is 2.63. The van der Waals surface area contributed by atoms with Gasteiger partial charge in [-0.25, -0.2) is 4.39 Å². The Morgan fingerprint density at radius 2 is 2.19 bits per heavy atom. The number of amides is 1. The van der Waals surface area contributed by atoms with Crippen molar-refractivity contribution in [2.24, 2.45) is 5.92 Å². The van der Waals surface area contributed by atoms with Gasteiger partial charge in [-0.05, 0) is 24.5 Å². The number of halogens is 2. The van der Waals surface area contributed by atoms with Crippen molar-refractivity contribution < 1.29 is 9.18 Å². The summed E-state index contributed by atoms with van der Waals surface area (Å²) >= 11 is 5.59. The average Bonchev–Trinajstić information content (AvgIpc) is 2.21. The molecule has 0 saturated carbocycles. The minimum atomic E-state index is -0.661. The van der Waals surface area contributed by atoms with Crippen LogP contribution in [-0.2, 0) is 0 Å². The number of hydrogen-bond acceptors (Lipinski definition) is 1. The number of carbonyl (C=O) groups is 1. The second kappa shape index (κ2) is 5.85. The van der Waals surface area contributed by atoms with Crippen LogP contribution in [0.2, 0.25) is 5.02 Å². The fourth-order valence-corrected chi connectivity index (χ4v) is 1.42. The Hall–Kier alpha value is -1.09. The van der Waals surface area contributed by atoms with E-state index in [4.69, 9.17) is 11.6 Å². The van der Waals surface area contributed by atoms with Gasteiger partial charge in [0.25, 0.3) is 5.91 Å². The van der Waals surface area contributed by atoms with Crippen molar-refractivity contribution in [3.05, 3.63) is 34.6 Å². The normalized spacial score (nSPS) is 10.6. The van der Waals surface area contributed by atoms with Gasteiger partial charge in [0.1, 0.15) is 0 Å². The van der Waals surface area contributed by atoms with E-state index in [1.807, 2.05) is 0 Å². The number of carbonyl (C=O) groups excluding carboxylic acids is 1. The molecule has 0 aliphatic carbocycles. The third-order valence-electron chi connectivity index (χ3n) is 2.20. The summed E-state index contributed by atoms with van der Waals surface area (Å²) in [7, 11) is 0. The van der Waals surface area contributed by atoms with E-state index in [0.29, 0.717) is 12.5 Å². The molecule has 0 aliphatic rings. The molecule has 0 aliphatic heterocycles. The molecule has 1 N–H and O–H groups in total. The molecule has 0 radical (unpaired) electrons. The summed E-state index contributed by atoms with van der Waals surface area (Å²) < 4.78 is 13.4. The first-order chi connectivity index (χ1) is 7.52. The molecule has 0 bridgehead atoms. The van der Waals surface area contributed by atoms with Crippen LogP contribution in [0.4, 0.5) is 4.39 Å². The highest BCUT2D eigenvalue weighted by molar-refractivity contribution is 6.31. The van der Waals surface area contributed by atoms with E-state index < -0.39 is 11.7 Å². The zero-order valence-corrected chi connectivity index (χ0v) is 10.1. The third-order valence-corrected chi connectivity index (χ3v) is 2.50. The van der Waals surface area contributed by atoms with Gasteiger partial charge < -0.3 is 5.32 Å². The van der Waals surface area contributed by atoms with E-state index in [1.165, 1.54) is 12.1 Å². The van der Waals surface area contributed by atoms with Crippen molar-refractivity contribution in [3.8, 4) is 0 Å². The third kappa shape index (κ3) is 3.49. The molecule has 0 heterocycles. The maximum absolute atomic E-state index is 13.4. The maximum Gasteiger partial charge on any atom is 0.254 e. The van der Waals surface area contributed by atoms with Gasteiger partial charge in [-0.2, -0.15) is 0 Å². The first-order valence-electron chi connectivity index (χ1n) is 5.24. The number of rotatable bonds is 4. The van der Waals surface area contributed by atoms with Crippen molar-refractivity contribution in [2.75, 3.05) is 6.54 Å². The van der Waals surface area contributed by atoms with Crippen LogP contribution in [0, 0.1) is 11.7 Å². The SMILES string of the molecule is CC(C)CCNC(=O)c1cccc(Cl)c1F. The molecule has 1 aromatic rings. The van der Waals surface area contributed by atoms with E-state index in [-0.39, 0.29) is 10.6 Å². The first-order valence-corrected chi connectivity index (χ1v) is 5.62. The quantitative estimate of drug-likeness (QED) is 0.864. The van der Waals surface area contributed by atoms with Gasteiger partial charge in [0.15, 0.2) is 5.82 Å². The Kier molecular flexibility index (Phi) is 4.74. The Morgan fingerprint density at radius 1 is 1.50 bits per heavy atom. The zero-order chi connectivity index (χ0) is 12.1. The van der Waals surface area contributed by atoms with Crippen molar-refractivity contribution in [1.82, 2.24) is 5.32 Å². The van der Waals surface area contributed by atoms with Crippen LogP contribution in [-0.4, -0.2) is 12.5 Å². The second-order valence-electron chi connectivity index (χ2n) is 4.04. The highest BCUT2D eigenvalue weighted by Crippen LogP contribution is 2.17. The molecule has 0 aromatic heterocycles. The van der Waals surface area contributed by atoms with Gasteiger partial charge in [-0.3, -0.25) is 4.79 Å². The van der Waals surface area contributed by atoms with Crippen molar-refractivity contribution in [2.45, 2.75) is 20.3 Å². The first kappa shape index (κ1) is 13.0. The largest absolute Gasteiger partial charge is 0.352 e. The predicted octanol–water partition coefficient (Wildman–Crippen LogP) is 3.26. The molecule has 1 aromatic carbocycles. The Morgan fingerprint density at radius 3 is 2.81 bits per heavy atom. The summed E-state index contributed by atoms with van der Waals surface area (Å²) in [6.45, 7) is 4.67. The molecule has 0 unspecified atom stereocenters. The van der Waals surface area contributed by atoms with Crippen LogP contribution >= 0.6 is 11.6 Å². The Bertz CT molecular complexity index is 379. The van der Waals surface area contributed by atoms with Crippen LogP contribution in [0.1, 0.15) is 30.6 Å². The second-order valence-corrected chi connectivity index (χ2v) is 4.45. The molecule has 4 heteroatoms. The number of hydrogen-bond donors (Lipinski definition) is 1. The van der Waals surface area contributed by atoms with Crippen LogP contribution < -0.4 is 5.32 Å². The summed E-state index contributed by atoms with van der Waals surface area (Å²) in [5.41, 5.74) is -0.00347. The summed E-state index contributed by atoms with van der Waals surface area (Å²) in [6.07, 6.45) is 0.869. The van der Waals surface area contributed by atoms with Crippen LogP contribution in [0.15, 0.2) is 18.2 Å². The summed E-state index contributed by atoms with van der Waals surface area (Å²) in [5.74, 6) is -0.573. The van der Waals surface area contributed by atoms with Gasteiger partial charge in [-0.15, -0.1) is 0 Å². The molecule has 16 heavy (non-hydrogen) atoms. The smallest absolute Gasteiger partial charge is 0.254 e. The van der Waals surface area contributed by atoms with Crippen LogP contribution in [0.5, 0.6) is 0 Å². The van der Waals surface area contributed by atoms with Crippen LogP contribution in [0.25, 0.3) is 0 Å². The van der Waals surface area contributed by atoms with Gasteiger partial charge >= 0.3 is 0 Å². The highest BCUT2D eigenvalue weighted by Gasteiger charge is 2.13. The van der Waals surface area contributed by atoms with E-state index in [1.54, 1.807) is 6.07 Å². The lowest BCUT2D eigenvalue weighted by atomic mass is 10.1. The fourth-order valence-electron chi connectivity index (χ4n) is 1.25. The standard InChI is InChI=1S/C12H15ClFNO/c1-8(2)6-7-15-12(16)9-4-3-5-10(13)11(9)14/h3-5,8H,6-7H2,1-2H3,(H,15,16). The Balaban J connectivity index is 2.63. The topological polar surface area (TPSA) is 29.1 Å².